The molecule has 0 spiro atoms. The lowest BCUT2D eigenvalue weighted by Crippen LogP contribution is -1.99. The Morgan fingerprint density at radius 2 is 1.67 bits per heavy atom. The van der Waals surface area contributed by atoms with Crippen LogP contribution in [0.4, 0.5) is 5.95 Å². The number of rotatable bonds is 3. The molecule has 0 amide bonds. The molecule has 0 N–H and O–H groups in total. The first-order chi connectivity index (χ1) is 11.5. The van der Waals surface area contributed by atoms with Crippen LogP contribution in [0.1, 0.15) is 0 Å². The number of hydrogen-bond acceptors (Lipinski definition) is 4. The second-order valence-corrected chi connectivity index (χ2v) is 7.71. The molecule has 24 heavy (non-hydrogen) atoms. The molecule has 2 aromatic carbocycles. The molecule has 5 nitrogen and oxygen atoms in total. The molecule has 0 saturated carbocycles. The Morgan fingerprint density at radius 1 is 0.958 bits per heavy atom. The summed E-state index contributed by atoms with van der Waals surface area (Å²) in [6.45, 7) is 0.665. The Kier molecular flexibility index (Phi) is 3.35. The number of nitrogens with zero attached hydrogens (tertiary/aromatic N) is 3. The fourth-order valence-corrected chi connectivity index (χ4v) is 3.50. The van der Waals surface area contributed by atoms with Crippen molar-refractivity contribution in [3.8, 4) is 22.5 Å². The maximum Gasteiger partial charge on any atom is 0.230 e. The van der Waals surface area contributed by atoms with Gasteiger partial charge in [0.25, 0.3) is 0 Å². The van der Waals surface area contributed by atoms with Crippen LogP contribution in [0.5, 0.6) is 0 Å². The molecule has 0 fully saturated rings. The summed E-state index contributed by atoms with van der Waals surface area (Å²) in [7, 11) is -3.21. The van der Waals surface area contributed by atoms with Crippen molar-refractivity contribution in [3.05, 3.63) is 54.6 Å². The average molecular weight is 337 g/mol. The van der Waals surface area contributed by atoms with Gasteiger partial charge in [-0.1, -0.05) is 42.5 Å². The summed E-state index contributed by atoms with van der Waals surface area (Å²) < 4.78 is 25.4. The van der Waals surface area contributed by atoms with Gasteiger partial charge in [-0.3, -0.25) is 0 Å². The van der Waals surface area contributed by atoms with Gasteiger partial charge >= 0.3 is 0 Å². The van der Waals surface area contributed by atoms with E-state index in [1.54, 1.807) is 12.1 Å². The molecule has 1 aromatic heterocycles. The molecule has 120 valence electrons. The fraction of sp³-hybridized carbons (Fsp3) is 0.111. The van der Waals surface area contributed by atoms with Crippen molar-refractivity contribution < 1.29 is 8.42 Å². The SMILES string of the molecule is CS(=O)(=O)c1ccc(-c2c(-c3ccccc3)nc3n2CC=N3)cc1. The summed E-state index contributed by atoms with van der Waals surface area (Å²) in [5.41, 5.74) is 3.74. The summed E-state index contributed by atoms with van der Waals surface area (Å²) in [5, 5.41) is 0. The van der Waals surface area contributed by atoms with Gasteiger partial charge in [0.15, 0.2) is 9.84 Å². The van der Waals surface area contributed by atoms with Crippen LogP contribution in [-0.4, -0.2) is 30.4 Å². The second kappa shape index (κ2) is 5.42. The number of imidazole rings is 1. The van der Waals surface area contributed by atoms with E-state index < -0.39 is 9.84 Å². The third-order valence-corrected chi connectivity index (χ3v) is 5.15. The summed E-state index contributed by atoms with van der Waals surface area (Å²) >= 11 is 0. The maximum atomic E-state index is 11.7. The van der Waals surface area contributed by atoms with E-state index in [1.807, 2.05) is 53.2 Å². The molecule has 2 heterocycles. The number of sulfone groups is 1. The van der Waals surface area contributed by atoms with Crippen molar-refractivity contribution in [1.82, 2.24) is 9.55 Å². The van der Waals surface area contributed by atoms with Crippen molar-refractivity contribution in [2.45, 2.75) is 11.4 Å². The normalized spacial score (nSPS) is 13.2. The lowest BCUT2D eigenvalue weighted by molar-refractivity contribution is 0.602. The van der Waals surface area contributed by atoms with Crippen LogP contribution in [0.2, 0.25) is 0 Å². The van der Waals surface area contributed by atoms with Gasteiger partial charge in [0.2, 0.25) is 5.95 Å². The number of aliphatic imine (C=N–C) groups is 1. The maximum absolute atomic E-state index is 11.7. The molecular formula is C18H15N3O2S. The zero-order valence-electron chi connectivity index (χ0n) is 13.0. The Hall–Kier alpha value is -2.73. The van der Waals surface area contributed by atoms with Crippen LogP contribution in [0.3, 0.4) is 0 Å². The van der Waals surface area contributed by atoms with Crippen molar-refractivity contribution in [2.75, 3.05) is 6.26 Å². The van der Waals surface area contributed by atoms with E-state index in [0.717, 1.165) is 22.5 Å². The van der Waals surface area contributed by atoms with Crippen LogP contribution in [0.15, 0.2) is 64.5 Å². The smallest absolute Gasteiger partial charge is 0.230 e. The first kappa shape index (κ1) is 14.8. The van der Waals surface area contributed by atoms with E-state index in [0.29, 0.717) is 17.4 Å². The van der Waals surface area contributed by atoms with Gasteiger partial charge in [0.1, 0.15) is 0 Å². The molecule has 0 bridgehead atoms. The Labute approximate surface area is 140 Å². The van der Waals surface area contributed by atoms with Gasteiger partial charge in [0.05, 0.1) is 22.8 Å². The summed E-state index contributed by atoms with van der Waals surface area (Å²) in [4.78, 5) is 9.28. The van der Waals surface area contributed by atoms with Gasteiger partial charge in [-0.15, -0.1) is 0 Å². The molecule has 3 aromatic rings. The highest BCUT2D eigenvalue weighted by atomic mass is 32.2. The quantitative estimate of drug-likeness (QED) is 0.736. The molecule has 0 unspecified atom stereocenters. The number of benzene rings is 2. The highest BCUT2D eigenvalue weighted by Gasteiger charge is 2.21. The molecule has 0 atom stereocenters. The van der Waals surface area contributed by atoms with E-state index in [-0.39, 0.29) is 0 Å². The third kappa shape index (κ3) is 2.45. The molecular weight excluding hydrogens is 322 g/mol. The van der Waals surface area contributed by atoms with Crippen LogP contribution in [0, 0.1) is 0 Å². The number of aromatic nitrogens is 2. The van der Waals surface area contributed by atoms with Crippen molar-refractivity contribution in [2.24, 2.45) is 4.99 Å². The standard InChI is InChI=1S/C18H15N3O2S/c1-24(22,23)15-9-7-14(8-10-15)17-16(13-5-3-2-4-6-13)20-18-19-11-12-21(17)18/h2-11H,12H2,1H3. The lowest BCUT2D eigenvalue weighted by Gasteiger charge is -2.08. The van der Waals surface area contributed by atoms with Gasteiger partial charge in [-0.25, -0.2) is 18.4 Å². The minimum Gasteiger partial charge on any atom is -0.302 e. The molecule has 0 saturated heterocycles. The predicted octanol–water partition coefficient (Wildman–Crippen LogP) is 3.34. The molecule has 0 radical (unpaired) electrons. The summed E-state index contributed by atoms with van der Waals surface area (Å²) in [6.07, 6.45) is 3.03. The largest absolute Gasteiger partial charge is 0.302 e. The van der Waals surface area contributed by atoms with Gasteiger partial charge in [0, 0.05) is 23.6 Å². The van der Waals surface area contributed by atoms with E-state index in [2.05, 4.69) is 9.98 Å². The Bertz CT molecular complexity index is 1030. The molecule has 0 aliphatic carbocycles. The number of hydrogen-bond donors (Lipinski definition) is 0. The van der Waals surface area contributed by atoms with E-state index >= 15 is 0 Å². The monoisotopic (exact) mass is 337 g/mol. The first-order valence-corrected chi connectivity index (χ1v) is 9.42. The molecule has 1 aliphatic heterocycles. The third-order valence-electron chi connectivity index (χ3n) is 4.02. The van der Waals surface area contributed by atoms with Crippen LogP contribution < -0.4 is 0 Å². The van der Waals surface area contributed by atoms with Crippen molar-refractivity contribution in [1.29, 1.82) is 0 Å². The summed E-state index contributed by atoms with van der Waals surface area (Å²) in [6, 6.07) is 16.8. The minimum atomic E-state index is -3.21. The zero-order chi connectivity index (χ0) is 16.7. The van der Waals surface area contributed by atoms with Gasteiger partial charge in [-0.05, 0) is 12.1 Å². The minimum absolute atomic E-state index is 0.310. The first-order valence-electron chi connectivity index (χ1n) is 7.53. The second-order valence-electron chi connectivity index (χ2n) is 5.69. The number of fused-ring (bicyclic) bond motifs is 1. The lowest BCUT2D eigenvalue weighted by atomic mass is 10.0. The van der Waals surface area contributed by atoms with Crippen molar-refractivity contribution in [3.63, 3.8) is 0 Å². The average Bonchev–Trinajstić information content (AvgIpc) is 3.15. The zero-order valence-corrected chi connectivity index (χ0v) is 13.9. The van der Waals surface area contributed by atoms with E-state index in [1.165, 1.54) is 6.26 Å². The van der Waals surface area contributed by atoms with E-state index in [9.17, 15) is 8.42 Å². The molecule has 1 aliphatic rings. The summed E-state index contributed by atoms with van der Waals surface area (Å²) in [5.74, 6) is 0.677. The van der Waals surface area contributed by atoms with Crippen LogP contribution >= 0.6 is 0 Å². The predicted molar refractivity (Wildman–Crippen MR) is 94.4 cm³/mol. The highest BCUT2D eigenvalue weighted by molar-refractivity contribution is 7.90. The van der Waals surface area contributed by atoms with Crippen LogP contribution in [-0.2, 0) is 16.4 Å². The van der Waals surface area contributed by atoms with Gasteiger partial charge < -0.3 is 4.57 Å². The Balaban J connectivity index is 1.89. The topological polar surface area (TPSA) is 64.3 Å². The van der Waals surface area contributed by atoms with Crippen molar-refractivity contribution >= 4 is 22.0 Å². The fourth-order valence-electron chi connectivity index (χ4n) is 2.87. The van der Waals surface area contributed by atoms with E-state index in [4.69, 9.17) is 0 Å². The van der Waals surface area contributed by atoms with Gasteiger partial charge in [-0.2, -0.15) is 0 Å². The highest BCUT2D eigenvalue weighted by Crippen LogP contribution is 2.36. The molecule has 4 rings (SSSR count). The Morgan fingerprint density at radius 3 is 2.33 bits per heavy atom. The molecule has 6 heteroatoms. The van der Waals surface area contributed by atoms with Crippen LogP contribution in [0.25, 0.3) is 22.5 Å².